The number of hydrogen-bond acceptors (Lipinski definition) is 14. The molecule has 6 aliphatic heterocycles. The second-order valence-electron chi connectivity index (χ2n) is 30.4. The van der Waals surface area contributed by atoms with E-state index < -0.39 is 0 Å². The van der Waals surface area contributed by atoms with E-state index in [1.54, 1.807) is 0 Å². The zero-order valence-corrected chi connectivity index (χ0v) is 63.3. The predicted octanol–water partition coefficient (Wildman–Crippen LogP) is 15.2. The largest absolute Gasteiger partial charge is 0.378 e. The van der Waals surface area contributed by atoms with E-state index in [-0.39, 0.29) is 19.3 Å². The highest BCUT2D eigenvalue weighted by Crippen LogP contribution is 2.22. The molecule has 548 valence electrons. The highest BCUT2D eigenvalue weighted by molar-refractivity contribution is 5.79. The normalized spacial score (nSPS) is 19.4. The van der Waals surface area contributed by atoms with Crippen LogP contribution in [0.15, 0.2) is 0 Å². The lowest BCUT2D eigenvalue weighted by molar-refractivity contribution is -0.133. The molecular weight excluding hydrogens is 1150 g/mol. The van der Waals surface area contributed by atoms with E-state index in [1.807, 2.05) is 18.7 Å². The van der Waals surface area contributed by atoms with Crippen LogP contribution in [0.5, 0.6) is 0 Å². The van der Waals surface area contributed by atoms with Crippen LogP contribution >= 0.6 is 0 Å². The summed E-state index contributed by atoms with van der Waals surface area (Å²) in [6.07, 6.45) is 27.3. The number of Topliss-reactive ketones (excluding diaryl/α,β-unsaturated/α-hetero) is 3. The average Bonchev–Trinajstić information content (AvgIpc) is 3.56. The fourth-order valence-electron chi connectivity index (χ4n) is 11.5. The van der Waals surface area contributed by atoms with Gasteiger partial charge < -0.3 is 54.1 Å². The molecule has 6 heterocycles. The molecule has 0 spiro atoms. The SMILES string of the molecule is C.CC(C)C(C)N1CCC1.CC(C)CC(=O)CC1CCCO1.CC(C)CC(=O)CCN.CC(C)CC(=O)CCN1CCCCC1.CC(C)CCC(=O)N1CCN(C)CC1.CC(C)COC1CCCC1.CC(C)OCCN1CCCC1.CC(C)OCCN1CCCCC1. The van der Waals surface area contributed by atoms with Crippen LogP contribution in [-0.2, 0) is 38.1 Å². The summed E-state index contributed by atoms with van der Waals surface area (Å²) >= 11 is 0. The fourth-order valence-corrected chi connectivity index (χ4v) is 11.5. The average molecular weight is 1310 g/mol. The molecule has 2 N–H and O–H groups in total. The van der Waals surface area contributed by atoms with Crippen molar-refractivity contribution in [3.63, 3.8) is 0 Å². The molecule has 0 aromatic heterocycles. The van der Waals surface area contributed by atoms with Gasteiger partial charge in [0, 0.05) is 110 Å². The summed E-state index contributed by atoms with van der Waals surface area (Å²) in [6, 6.07) is 0.804. The number of amides is 1. The monoisotopic (exact) mass is 1310 g/mol. The quantitative estimate of drug-likeness (QED) is 0.0756. The number of ether oxygens (including phenoxy) is 4. The lowest BCUT2D eigenvalue weighted by Crippen LogP contribution is -2.47. The van der Waals surface area contributed by atoms with Crippen molar-refractivity contribution in [1.29, 1.82) is 0 Å². The van der Waals surface area contributed by atoms with Crippen LogP contribution in [0.2, 0.25) is 0 Å². The Morgan fingerprint density at radius 3 is 1.28 bits per heavy atom. The number of hydrogen-bond donors (Lipinski definition) is 1. The van der Waals surface area contributed by atoms with E-state index >= 15 is 0 Å². The molecule has 2 unspecified atom stereocenters. The molecule has 15 heteroatoms. The Balaban J connectivity index is 0. The van der Waals surface area contributed by atoms with Gasteiger partial charge >= 0.3 is 0 Å². The Hall–Kier alpha value is -1.92. The molecule has 92 heavy (non-hydrogen) atoms. The van der Waals surface area contributed by atoms with Crippen molar-refractivity contribution >= 4 is 23.3 Å². The maximum Gasteiger partial charge on any atom is 0.222 e. The lowest BCUT2D eigenvalue weighted by Gasteiger charge is -2.38. The number of ketones is 3. The minimum absolute atomic E-state index is 0. The second-order valence-corrected chi connectivity index (χ2v) is 30.4. The predicted molar refractivity (Wildman–Crippen MR) is 392 cm³/mol. The van der Waals surface area contributed by atoms with E-state index in [2.05, 4.69) is 135 Å². The number of piperazine rings is 1. The maximum atomic E-state index is 11.7. The maximum absolute atomic E-state index is 11.7. The Morgan fingerprint density at radius 2 is 0.913 bits per heavy atom. The van der Waals surface area contributed by atoms with Crippen molar-refractivity contribution in [3.05, 3.63) is 0 Å². The Morgan fingerprint density at radius 1 is 0.467 bits per heavy atom. The number of nitrogens with zero attached hydrogens (tertiary/aromatic N) is 6. The number of carbonyl (C=O) groups excluding carboxylic acids is 4. The van der Waals surface area contributed by atoms with Crippen LogP contribution in [0, 0.1) is 35.5 Å². The van der Waals surface area contributed by atoms with Crippen LogP contribution in [-0.4, -0.2) is 221 Å². The van der Waals surface area contributed by atoms with Crippen molar-refractivity contribution in [2.45, 2.75) is 303 Å². The van der Waals surface area contributed by atoms with Crippen molar-refractivity contribution in [2.24, 2.45) is 41.2 Å². The Labute approximate surface area is 570 Å². The summed E-state index contributed by atoms with van der Waals surface area (Å²) in [6.45, 7) is 57.8. The van der Waals surface area contributed by atoms with Gasteiger partial charge in [-0.2, -0.15) is 0 Å². The Bertz CT molecular complexity index is 1690. The first-order chi connectivity index (χ1) is 43.2. The van der Waals surface area contributed by atoms with E-state index in [4.69, 9.17) is 24.7 Å². The van der Waals surface area contributed by atoms with E-state index in [1.165, 1.54) is 136 Å². The third-order valence-electron chi connectivity index (χ3n) is 17.5. The standard InChI is InChI=1S/C12H23NO.C11H22N2O.C10H21NO.C10H18O2.C9H19NO.C9H18O.C8H17N.C7H15NO.CH4/c1-11(2)10-12(14)6-9-13-7-4-3-5-8-13;1-10(2)4-5-11(14)13-8-6-12(3)7-9-13;1-10(2)12-9-8-11-6-4-3-5-7-11;1-8(2)6-9(11)7-10-4-3-5-12-10;1-9(2)11-8-7-10-5-3-4-6-10;1-8(2)7-10-9-5-3-4-6-9;1-7(2)8(3)9-5-4-6-9;1-6(2)5-7(9)3-4-8;/h11H,3-10H2,1-2H3;10H,4-9H2,1-3H3;10H,3-9H2,1-2H3;8,10H,3-7H2,1-2H3;9H,3-8H2,1-2H3;8-9H,3-7H2,1-2H3;7-8H,4-6H2,1-3H3;6H,3-5,8H2,1-2H3;1H4. The van der Waals surface area contributed by atoms with E-state index in [0.29, 0.717) is 97.6 Å². The summed E-state index contributed by atoms with van der Waals surface area (Å²) in [5.74, 6) is 5.05. The molecular formula is C77H157N7O8. The first-order valence-electron chi connectivity index (χ1n) is 37.8. The third kappa shape index (κ3) is 56.1. The summed E-state index contributed by atoms with van der Waals surface area (Å²) in [4.78, 5) is 59.5. The van der Waals surface area contributed by atoms with Crippen molar-refractivity contribution in [1.82, 2.24) is 29.4 Å². The third-order valence-corrected chi connectivity index (χ3v) is 17.5. The molecule has 0 aromatic rings. The molecule has 0 aromatic carbocycles. The molecule has 0 radical (unpaired) electrons. The van der Waals surface area contributed by atoms with Crippen LogP contribution < -0.4 is 5.73 Å². The molecule has 1 saturated carbocycles. The number of piperidine rings is 2. The first-order valence-corrected chi connectivity index (χ1v) is 37.8. The van der Waals surface area contributed by atoms with Gasteiger partial charge in [0.2, 0.25) is 5.91 Å². The second kappa shape index (κ2) is 59.2. The molecule has 7 aliphatic rings. The van der Waals surface area contributed by atoms with Crippen molar-refractivity contribution in [2.75, 3.05) is 138 Å². The van der Waals surface area contributed by atoms with Gasteiger partial charge in [0.25, 0.3) is 0 Å². The van der Waals surface area contributed by atoms with Crippen LogP contribution in [0.3, 0.4) is 0 Å². The van der Waals surface area contributed by atoms with E-state index in [9.17, 15) is 19.2 Å². The fraction of sp³-hybridized carbons (Fsp3) is 0.948. The molecule has 2 atom stereocenters. The van der Waals surface area contributed by atoms with Crippen LogP contribution in [0.25, 0.3) is 0 Å². The number of rotatable bonds is 29. The minimum Gasteiger partial charge on any atom is -0.378 e. The number of carbonyl (C=O) groups is 4. The van der Waals surface area contributed by atoms with Gasteiger partial charge in [0.15, 0.2) is 0 Å². The molecule has 15 nitrogen and oxygen atoms in total. The summed E-state index contributed by atoms with van der Waals surface area (Å²) in [7, 11) is 2.11. The number of likely N-dealkylation sites (tertiary alicyclic amines) is 4. The van der Waals surface area contributed by atoms with Crippen molar-refractivity contribution in [3.8, 4) is 0 Å². The lowest BCUT2D eigenvalue weighted by atomic mass is 10.0. The molecule has 7 rings (SSSR count). The van der Waals surface area contributed by atoms with Gasteiger partial charge in [-0.05, 0) is 213 Å². The zero-order chi connectivity index (χ0) is 68.4. The molecule has 7 fully saturated rings. The van der Waals surface area contributed by atoms with Gasteiger partial charge in [-0.1, -0.05) is 116 Å². The van der Waals surface area contributed by atoms with Gasteiger partial charge in [0.1, 0.15) is 17.3 Å². The summed E-state index contributed by atoms with van der Waals surface area (Å²) < 4.78 is 22.0. The van der Waals surface area contributed by atoms with Gasteiger partial charge in [-0.15, -0.1) is 0 Å². The van der Waals surface area contributed by atoms with Gasteiger partial charge in [-0.25, -0.2) is 0 Å². The van der Waals surface area contributed by atoms with Crippen LogP contribution in [0.1, 0.15) is 273 Å². The highest BCUT2D eigenvalue weighted by atomic mass is 16.5. The highest BCUT2D eigenvalue weighted by Gasteiger charge is 2.23. The van der Waals surface area contributed by atoms with Crippen molar-refractivity contribution < 1.29 is 38.1 Å². The van der Waals surface area contributed by atoms with Crippen LogP contribution in [0.4, 0.5) is 0 Å². The topological polar surface area (TPSA) is 151 Å². The summed E-state index contributed by atoms with van der Waals surface area (Å²) in [5, 5.41) is 0. The van der Waals surface area contributed by atoms with E-state index in [0.717, 1.165) is 123 Å². The molecule has 1 aliphatic carbocycles. The summed E-state index contributed by atoms with van der Waals surface area (Å²) in [5.41, 5.74) is 5.18. The molecule has 6 saturated heterocycles. The van der Waals surface area contributed by atoms with Gasteiger partial charge in [0.05, 0.1) is 37.6 Å². The first kappa shape index (κ1) is 92.1. The smallest absolute Gasteiger partial charge is 0.222 e. The molecule has 0 bridgehead atoms. The zero-order valence-electron chi connectivity index (χ0n) is 63.3. The minimum atomic E-state index is 0. The number of nitrogens with two attached hydrogens (primary N) is 1. The van der Waals surface area contributed by atoms with Gasteiger partial charge in [-0.3, -0.25) is 19.2 Å². The molecule has 1 amide bonds. The Kier molecular flexibility index (Phi) is 59.3. The number of likely N-dealkylation sites (N-methyl/N-ethyl adjacent to an activating group) is 1.